The fraction of sp³-hybridized carbons (Fsp3) is 0.182. The van der Waals surface area contributed by atoms with Crippen LogP contribution in [-0.4, -0.2) is 29.2 Å². The Morgan fingerprint density at radius 3 is 2.75 bits per heavy atom. The number of carbonyl (C=O) groups excluding carboxylic acids is 1. The molecule has 1 aromatic carbocycles. The van der Waals surface area contributed by atoms with Crippen molar-refractivity contribution in [2.24, 2.45) is 0 Å². The second kappa shape index (κ2) is 4.15. The van der Waals surface area contributed by atoms with Gasteiger partial charge in [-0.25, -0.2) is 9.15 Å². The van der Waals surface area contributed by atoms with E-state index in [9.17, 15) is 4.79 Å². The fourth-order valence-electron chi connectivity index (χ4n) is 1.51. The summed E-state index contributed by atoms with van der Waals surface area (Å²) in [6.07, 6.45) is 0. The van der Waals surface area contributed by atoms with Crippen LogP contribution in [0.4, 0.5) is 0 Å². The van der Waals surface area contributed by atoms with Crippen molar-refractivity contribution in [1.82, 2.24) is 9.15 Å². The summed E-state index contributed by atoms with van der Waals surface area (Å²) in [7, 11) is 2.97. The number of fused-ring (bicyclic) bond motifs is 1. The highest BCUT2D eigenvalue weighted by Gasteiger charge is 2.17. The van der Waals surface area contributed by atoms with Crippen molar-refractivity contribution in [3.05, 3.63) is 36.0 Å². The standard InChI is InChI=1S/C11H11ClN2O2/c1-13(16-2)11(15)10-7-8-5-3-4-6-9(8)14(10)12/h3-7H,1-2H3. The lowest BCUT2D eigenvalue weighted by atomic mass is 10.2. The molecular formula is C11H11ClN2O2. The number of aromatic nitrogens is 1. The van der Waals surface area contributed by atoms with E-state index in [1.165, 1.54) is 18.2 Å². The Kier molecular flexibility index (Phi) is 2.85. The van der Waals surface area contributed by atoms with Gasteiger partial charge < -0.3 is 0 Å². The van der Waals surface area contributed by atoms with Gasteiger partial charge in [0.05, 0.1) is 12.6 Å². The normalized spacial score (nSPS) is 10.7. The second-order valence-corrected chi connectivity index (χ2v) is 3.69. The molecule has 0 atom stereocenters. The molecule has 0 radical (unpaired) electrons. The molecule has 84 valence electrons. The van der Waals surface area contributed by atoms with E-state index in [0.29, 0.717) is 5.69 Å². The molecule has 1 amide bonds. The molecule has 0 aliphatic carbocycles. The minimum Gasteiger partial charge on any atom is -0.274 e. The summed E-state index contributed by atoms with van der Waals surface area (Å²) in [5.41, 5.74) is 1.18. The Labute approximate surface area is 98.0 Å². The molecule has 2 aromatic rings. The maximum atomic E-state index is 11.9. The van der Waals surface area contributed by atoms with E-state index >= 15 is 0 Å². The third-order valence-electron chi connectivity index (χ3n) is 2.43. The highest BCUT2D eigenvalue weighted by atomic mass is 35.5. The van der Waals surface area contributed by atoms with Crippen LogP contribution in [-0.2, 0) is 4.84 Å². The molecule has 0 spiro atoms. The quantitative estimate of drug-likeness (QED) is 0.753. The number of hydroxylamine groups is 2. The number of carbonyl (C=O) groups is 1. The zero-order valence-electron chi connectivity index (χ0n) is 8.98. The van der Waals surface area contributed by atoms with Crippen LogP contribution < -0.4 is 0 Å². The van der Waals surface area contributed by atoms with E-state index in [1.54, 1.807) is 6.07 Å². The van der Waals surface area contributed by atoms with Crippen LogP contribution in [0.25, 0.3) is 10.9 Å². The molecule has 0 N–H and O–H groups in total. The number of hydrogen-bond acceptors (Lipinski definition) is 2. The van der Waals surface area contributed by atoms with E-state index in [0.717, 1.165) is 16.0 Å². The molecule has 5 heteroatoms. The summed E-state index contributed by atoms with van der Waals surface area (Å²) in [6.45, 7) is 0. The Morgan fingerprint density at radius 2 is 2.12 bits per heavy atom. The molecule has 0 saturated heterocycles. The zero-order valence-corrected chi connectivity index (χ0v) is 9.73. The number of hydrogen-bond donors (Lipinski definition) is 0. The maximum absolute atomic E-state index is 11.9. The predicted octanol–water partition coefficient (Wildman–Crippen LogP) is 2.28. The van der Waals surface area contributed by atoms with Gasteiger partial charge in [0.25, 0.3) is 5.91 Å². The maximum Gasteiger partial charge on any atom is 0.295 e. The summed E-state index contributed by atoms with van der Waals surface area (Å²) in [6, 6.07) is 9.26. The highest BCUT2D eigenvalue weighted by molar-refractivity contribution is 6.22. The molecule has 16 heavy (non-hydrogen) atoms. The van der Waals surface area contributed by atoms with Gasteiger partial charge in [-0.2, -0.15) is 0 Å². The van der Waals surface area contributed by atoms with Crippen molar-refractivity contribution in [3.63, 3.8) is 0 Å². The average Bonchev–Trinajstić information content (AvgIpc) is 2.65. The lowest BCUT2D eigenvalue weighted by Crippen LogP contribution is -2.26. The van der Waals surface area contributed by atoms with Crippen LogP contribution in [0.3, 0.4) is 0 Å². The second-order valence-electron chi connectivity index (χ2n) is 3.35. The molecule has 0 unspecified atom stereocenters. The van der Waals surface area contributed by atoms with Gasteiger partial charge in [-0.05, 0) is 12.1 Å². The van der Waals surface area contributed by atoms with E-state index in [-0.39, 0.29) is 5.91 Å². The Morgan fingerprint density at radius 1 is 1.44 bits per heavy atom. The lowest BCUT2D eigenvalue weighted by Gasteiger charge is -2.12. The van der Waals surface area contributed by atoms with Crippen molar-refractivity contribution in [2.45, 2.75) is 0 Å². The Balaban J connectivity index is 2.53. The van der Waals surface area contributed by atoms with Crippen LogP contribution >= 0.6 is 11.8 Å². The van der Waals surface area contributed by atoms with Gasteiger partial charge in [0.15, 0.2) is 0 Å². The summed E-state index contributed by atoms with van der Waals surface area (Å²) in [5, 5.41) is 2.05. The molecule has 0 fully saturated rings. The first-order chi connectivity index (χ1) is 7.65. The van der Waals surface area contributed by atoms with Gasteiger partial charge >= 0.3 is 0 Å². The van der Waals surface area contributed by atoms with Crippen LogP contribution in [0.15, 0.2) is 30.3 Å². The third kappa shape index (κ3) is 1.66. The van der Waals surface area contributed by atoms with Crippen molar-refractivity contribution in [1.29, 1.82) is 0 Å². The number of rotatable bonds is 2. The molecule has 4 nitrogen and oxygen atoms in total. The third-order valence-corrected chi connectivity index (χ3v) is 2.80. The van der Waals surface area contributed by atoms with Gasteiger partial charge in [-0.15, -0.1) is 0 Å². The predicted molar refractivity (Wildman–Crippen MR) is 62.3 cm³/mol. The Hall–Kier alpha value is -1.52. The minimum absolute atomic E-state index is 0.284. The summed E-state index contributed by atoms with van der Waals surface area (Å²) in [4.78, 5) is 16.7. The molecule has 0 bridgehead atoms. The van der Waals surface area contributed by atoms with Crippen molar-refractivity contribution >= 4 is 28.6 Å². The summed E-state index contributed by atoms with van der Waals surface area (Å²) >= 11 is 6.07. The Bertz CT molecular complexity index is 536. The lowest BCUT2D eigenvalue weighted by molar-refractivity contribution is -0.0760. The van der Waals surface area contributed by atoms with E-state index in [1.807, 2.05) is 24.3 Å². The molecule has 1 heterocycles. The topological polar surface area (TPSA) is 34.5 Å². The van der Waals surface area contributed by atoms with Gasteiger partial charge in [-0.1, -0.05) is 18.2 Å². The van der Waals surface area contributed by atoms with Crippen molar-refractivity contribution in [3.8, 4) is 0 Å². The number of amides is 1. The van der Waals surface area contributed by atoms with E-state index < -0.39 is 0 Å². The molecule has 0 aliphatic heterocycles. The number of para-hydroxylation sites is 1. The largest absolute Gasteiger partial charge is 0.295 e. The fourth-order valence-corrected chi connectivity index (χ4v) is 1.79. The minimum atomic E-state index is -0.284. The molecule has 0 aliphatic rings. The van der Waals surface area contributed by atoms with Gasteiger partial charge in [0.2, 0.25) is 0 Å². The first-order valence-electron chi connectivity index (χ1n) is 4.74. The van der Waals surface area contributed by atoms with E-state index in [2.05, 4.69) is 0 Å². The van der Waals surface area contributed by atoms with Crippen LogP contribution in [0.2, 0.25) is 0 Å². The monoisotopic (exact) mass is 238 g/mol. The summed E-state index contributed by atoms with van der Waals surface area (Å²) < 4.78 is 1.34. The number of halogens is 1. The SMILES string of the molecule is CON(C)C(=O)c1cc2ccccc2n1Cl. The number of benzene rings is 1. The van der Waals surface area contributed by atoms with Crippen LogP contribution in [0.5, 0.6) is 0 Å². The van der Waals surface area contributed by atoms with Crippen LogP contribution in [0.1, 0.15) is 10.5 Å². The molecule has 0 saturated carbocycles. The summed E-state index contributed by atoms with van der Waals surface area (Å²) in [5.74, 6) is -0.284. The van der Waals surface area contributed by atoms with Crippen molar-refractivity contribution in [2.75, 3.05) is 14.2 Å². The van der Waals surface area contributed by atoms with Crippen LogP contribution in [0, 0.1) is 0 Å². The molecule has 2 rings (SSSR count). The smallest absolute Gasteiger partial charge is 0.274 e. The average molecular weight is 239 g/mol. The first kappa shape index (κ1) is 11.0. The highest BCUT2D eigenvalue weighted by Crippen LogP contribution is 2.21. The zero-order chi connectivity index (χ0) is 11.7. The number of nitrogens with zero attached hydrogens (tertiary/aromatic N) is 2. The van der Waals surface area contributed by atoms with Gasteiger partial charge in [-0.3, -0.25) is 9.63 Å². The van der Waals surface area contributed by atoms with Crippen molar-refractivity contribution < 1.29 is 9.63 Å². The molecular weight excluding hydrogens is 228 g/mol. The first-order valence-corrected chi connectivity index (χ1v) is 5.07. The molecule has 1 aromatic heterocycles. The van der Waals surface area contributed by atoms with Gasteiger partial charge in [0, 0.05) is 24.2 Å². The van der Waals surface area contributed by atoms with Gasteiger partial charge in [0.1, 0.15) is 5.69 Å². The van der Waals surface area contributed by atoms with E-state index in [4.69, 9.17) is 16.6 Å².